The lowest BCUT2D eigenvalue weighted by molar-refractivity contribution is 0.630. The highest BCUT2D eigenvalue weighted by Crippen LogP contribution is 2.28. The van der Waals surface area contributed by atoms with Crippen LogP contribution in [0.5, 0.6) is 0 Å². The van der Waals surface area contributed by atoms with Gasteiger partial charge in [-0.2, -0.15) is 0 Å². The average molecular weight is 273 g/mol. The normalized spacial score (nSPS) is 10.7. The van der Waals surface area contributed by atoms with E-state index >= 15 is 0 Å². The number of aromatic nitrogens is 2. The highest BCUT2D eigenvalue weighted by molar-refractivity contribution is 5.69. The molecule has 1 heterocycles. The lowest BCUT2D eigenvalue weighted by Crippen LogP contribution is -2.08. The highest BCUT2D eigenvalue weighted by Gasteiger charge is 2.14. The zero-order valence-corrected chi connectivity index (χ0v) is 12.4. The number of nitrogens with one attached hydrogen (secondary N) is 1. The van der Waals surface area contributed by atoms with E-state index in [0.717, 1.165) is 29.9 Å². The Morgan fingerprint density at radius 2 is 1.90 bits per heavy atom. The van der Waals surface area contributed by atoms with Crippen molar-refractivity contribution >= 4 is 5.82 Å². The molecular formula is C16H20FN3. The van der Waals surface area contributed by atoms with Gasteiger partial charge in [0, 0.05) is 17.7 Å². The molecule has 0 saturated heterocycles. The predicted molar refractivity (Wildman–Crippen MR) is 80.4 cm³/mol. The largest absolute Gasteiger partial charge is 0.370 e. The molecule has 0 atom stereocenters. The smallest absolute Gasteiger partial charge is 0.133 e. The van der Waals surface area contributed by atoms with E-state index in [-0.39, 0.29) is 5.82 Å². The van der Waals surface area contributed by atoms with Crippen LogP contribution in [0, 0.1) is 26.6 Å². The van der Waals surface area contributed by atoms with Gasteiger partial charge in [0.1, 0.15) is 17.5 Å². The van der Waals surface area contributed by atoms with Crippen LogP contribution in [-0.4, -0.2) is 16.5 Å². The van der Waals surface area contributed by atoms with E-state index in [1.165, 1.54) is 6.07 Å². The van der Waals surface area contributed by atoms with Crippen LogP contribution in [0.15, 0.2) is 18.2 Å². The fraction of sp³-hybridized carbons (Fsp3) is 0.375. The minimum Gasteiger partial charge on any atom is -0.370 e. The first-order chi connectivity index (χ1) is 9.52. The third-order valence-corrected chi connectivity index (χ3v) is 3.18. The Balaban J connectivity index is 2.56. The second-order valence-corrected chi connectivity index (χ2v) is 5.00. The molecular weight excluding hydrogens is 253 g/mol. The molecule has 0 aliphatic rings. The van der Waals surface area contributed by atoms with Crippen LogP contribution in [0.1, 0.15) is 30.3 Å². The molecule has 0 aliphatic carbocycles. The Labute approximate surface area is 119 Å². The summed E-state index contributed by atoms with van der Waals surface area (Å²) in [5.74, 6) is 1.18. The van der Waals surface area contributed by atoms with Gasteiger partial charge >= 0.3 is 0 Å². The summed E-state index contributed by atoms with van der Waals surface area (Å²) in [5, 5.41) is 3.27. The van der Waals surface area contributed by atoms with Crippen LogP contribution >= 0.6 is 0 Å². The number of benzene rings is 1. The highest BCUT2D eigenvalue weighted by atomic mass is 19.1. The Morgan fingerprint density at radius 1 is 1.15 bits per heavy atom. The summed E-state index contributed by atoms with van der Waals surface area (Å²) in [6, 6.07) is 5.08. The molecule has 2 aromatic rings. The Morgan fingerprint density at radius 3 is 2.60 bits per heavy atom. The van der Waals surface area contributed by atoms with Crippen LogP contribution in [-0.2, 0) is 0 Å². The molecule has 0 unspecified atom stereocenters. The minimum absolute atomic E-state index is 0.252. The van der Waals surface area contributed by atoms with Gasteiger partial charge in [-0.05, 0) is 39.3 Å². The summed E-state index contributed by atoms with van der Waals surface area (Å²) in [6.45, 7) is 8.63. The summed E-state index contributed by atoms with van der Waals surface area (Å²) in [4.78, 5) is 8.83. The van der Waals surface area contributed by atoms with Crippen molar-refractivity contribution in [3.05, 3.63) is 41.0 Å². The summed E-state index contributed by atoms with van der Waals surface area (Å²) < 4.78 is 14.1. The van der Waals surface area contributed by atoms with Gasteiger partial charge in [0.05, 0.1) is 5.69 Å². The fourth-order valence-electron chi connectivity index (χ4n) is 2.13. The molecule has 0 spiro atoms. The van der Waals surface area contributed by atoms with Crippen molar-refractivity contribution in [1.29, 1.82) is 0 Å². The van der Waals surface area contributed by atoms with Crippen molar-refractivity contribution in [3.63, 3.8) is 0 Å². The Bertz CT molecular complexity index is 623. The van der Waals surface area contributed by atoms with Gasteiger partial charge in [-0.3, -0.25) is 0 Å². The second kappa shape index (κ2) is 5.99. The van der Waals surface area contributed by atoms with E-state index in [1.54, 1.807) is 6.07 Å². The molecule has 1 N–H and O–H groups in total. The number of anilines is 1. The zero-order valence-electron chi connectivity index (χ0n) is 12.4. The monoisotopic (exact) mass is 273 g/mol. The van der Waals surface area contributed by atoms with E-state index in [9.17, 15) is 4.39 Å². The van der Waals surface area contributed by atoms with E-state index < -0.39 is 0 Å². The molecule has 0 saturated carbocycles. The molecule has 0 aliphatic heterocycles. The first kappa shape index (κ1) is 14.4. The maximum atomic E-state index is 14.1. The number of aryl methyl sites for hydroxylation is 2. The summed E-state index contributed by atoms with van der Waals surface area (Å²) in [7, 11) is 0. The number of halogens is 1. The van der Waals surface area contributed by atoms with E-state index in [4.69, 9.17) is 0 Å². The Hall–Kier alpha value is -1.97. The SMILES string of the molecule is CCCNc1nc(C)nc(-c2cc(C)ccc2F)c1C. The van der Waals surface area contributed by atoms with Crippen LogP contribution in [0.2, 0.25) is 0 Å². The molecule has 1 aromatic heterocycles. The van der Waals surface area contributed by atoms with Gasteiger partial charge in [-0.1, -0.05) is 18.6 Å². The molecule has 1 aromatic carbocycles. The lowest BCUT2D eigenvalue weighted by Gasteiger charge is -2.13. The standard InChI is InChI=1S/C16H20FN3/c1-5-8-18-16-11(3)15(19-12(4)20-16)13-9-10(2)6-7-14(13)17/h6-7,9H,5,8H2,1-4H3,(H,18,19,20). The van der Waals surface area contributed by atoms with E-state index in [1.807, 2.05) is 26.8 Å². The molecule has 3 nitrogen and oxygen atoms in total. The third-order valence-electron chi connectivity index (χ3n) is 3.18. The zero-order chi connectivity index (χ0) is 14.7. The van der Waals surface area contributed by atoms with E-state index in [0.29, 0.717) is 17.1 Å². The maximum absolute atomic E-state index is 14.1. The summed E-state index contributed by atoms with van der Waals surface area (Å²) >= 11 is 0. The first-order valence-electron chi connectivity index (χ1n) is 6.88. The predicted octanol–water partition coefficient (Wildman–Crippen LogP) is 4.03. The van der Waals surface area contributed by atoms with E-state index in [2.05, 4.69) is 22.2 Å². The van der Waals surface area contributed by atoms with Crippen molar-refractivity contribution < 1.29 is 4.39 Å². The Kier molecular flexibility index (Phi) is 4.32. The third kappa shape index (κ3) is 2.95. The van der Waals surface area contributed by atoms with Crippen molar-refractivity contribution in [1.82, 2.24) is 9.97 Å². The van der Waals surface area contributed by atoms with Crippen molar-refractivity contribution in [3.8, 4) is 11.3 Å². The number of hydrogen-bond donors (Lipinski definition) is 1. The van der Waals surface area contributed by atoms with Gasteiger partial charge in [-0.15, -0.1) is 0 Å². The van der Waals surface area contributed by atoms with Crippen molar-refractivity contribution in [2.45, 2.75) is 34.1 Å². The van der Waals surface area contributed by atoms with Crippen molar-refractivity contribution in [2.75, 3.05) is 11.9 Å². The molecule has 0 radical (unpaired) electrons. The van der Waals surface area contributed by atoms with Gasteiger partial charge in [0.25, 0.3) is 0 Å². The second-order valence-electron chi connectivity index (χ2n) is 5.00. The van der Waals surface area contributed by atoms with Crippen LogP contribution < -0.4 is 5.32 Å². The number of nitrogens with zero attached hydrogens (tertiary/aromatic N) is 2. The van der Waals surface area contributed by atoms with Gasteiger partial charge < -0.3 is 5.32 Å². The first-order valence-corrected chi connectivity index (χ1v) is 6.88. The topological polar surface area (TPSA) is 37.8 Å². The molecule has 0 bridgehead atoms. The molecule has 2 rings (SSSR count). The minimum atomic E-state index is -0.252. The van der Waals surface area contributed by atoms with Crippen molar-refractivity contribution in [2.24, 2.45) is 0 Å². The number of hydrogen-bond acceptors (Lipinski definition) is 3. The van der Waals surface area contributed by atoms with Crippen LogP contribution in [0.3, 0.4) is 0 Å². The lowest BCUT2D eigenvalue weighted by atomic mass is 10.0. The summed E-state index contributed by atoms with van der Waals surface area (Å²) in [6.07, 6.45) is 1.01. The fourth-order valence-corrected chi connectivity index (χ4v) is 2.13. The molecule has 4 heteroatoms. The molecule has 106 valence electrons. The van der Waals surface area contributed by atoms with Gasteiger partial charge in [-0.25, -0.2) is 14.4 Å². The molecule has 0 amide bonds. The van der Waals surface area contributed by atoms with Gasteiger partial charge in [0.15, 0.2) is 0 Å². The molecule has 0 fully saturated rings. The average Bonchev–Trinajstić information content (AvgIpc) is 2.42. The van der Waals surface area contributed by atoms with Crippen LogP contribution in [0.25, 0.3) is 11.3 Å². The van der Waals surface area contributed by atoms with Gasteiger partial charge in [0.2, 0.25) is 0 Å². The maximum Gasteiger partial charge on any atom is 0.133 e. The quantitative estimate of drug-likeness (QED) is 0.914. The van der Waals surface area contributed by atoms with Crippen LogP contribution in [0.4, 0.5) is 10.2 Å². The number of rotatable bonds is 4. The summed E-state index contributed by atoms with van der Waals surface area (Å²) in [5.41, 5.74) is 3.10. The molecule has 20 heavy (non-hydrogen) atoms.